The fraction of sp³-hybridized carbons (Fsp3) is 0.133. The molecule has 0 saturated carbocycles. The molecule has 1 aromatic carbocycles. The maximum Gasteiger partial charge on any atom is 0.348 e. The summed E-state index contributed by atoms with van der Waals surface area (Å²) in [6, 6.07) is 9.31. The summed E-state index contributed by atoms with van der Waals surface area (Å²) >= 11 is 6.79. The number of carbonyl (C=O) groups excluding carboxylic acids is 3. The minimum Gasteiger partial charge on any atom is -0.465 e. The lowest BCUT2D eigenvalue weighted by Gasteiger charge is -2.07. The van der Waals surface area contributed by atoms with E-state index < -0.39 is 24.5 Å². The Balaban J connectivity index is 1.90. The van der Waals surface area contributed by atoms with Gasteiger partial charge < -0.3 is 14.8 Å². The van der Waals surface area contributed by atoms with Gasteiger partial charge in [-0.05, 0) is 30.3 Å². The number of esters is 2. The lowest BCUT2D eigenvalue weighted by Crippen LogP contribution is -2.20. The van der Waals surface area contributed by atoms with Crippen molar-refractivity contribution < 1.29 is 23.9 Å². The molecule has 0 aliphatic rings. The zero-order chi connectivity index (χ0) is 16.8. The third kappa shape index (κ3) is 4.80. The van der Waals surface area contributed by atoms with Gasteiger partial charge in [0.15, 0.2) is 6.61 Å². The molecule has 0 radical (unpaired) electrons. The molecule has 120 valence electrons. The Labute approximate surface area is 141 Å². The van der Waals surface area contributed by atoms with Gasteiger partial charge in [-0.25, -0.2) is 9.59 Å². The molecular weight excluding hydrogens is 342 g/mol. The predicted octanol–water partition coefficient (Wildman–Crippen LogP) is 2.98. The first-order valence-corrected chi connectivity index (χ1v) is 7.59. The van der Waals surface area contributed by atoms with Crippen LogP contribution < -0.4 is 5.32 Å². The number of hydrogen-bond acceptors (Lipinski definition) is 6. The van der Waals surface area contributed by atoms with Gasteiger partial charge in [0.2, 0.25) is 0 Å². The van der Waals surface area contributed by atoms with Gasteiger partial charge in [0.1, 0.15) is 4.88 Å². The van der Waals surface area contributed by atoms with Crippen molar-refractivity contribution in [1.29, 1.82) is 0 Å². The van der Waals surface area contributed by atoms with Crippen molar-refractivity contribution in [1.82, 2.24) is 0 Å². The summed E-state index contributed by atoms with van der Waals surface area (Å²) in [5, 5.41) is 2.53. The van der Waals surface area contributed by atoms with Crippen molar-refractivity contribution in [2.45, 2.75) is 0 Å². The highest BCUT2D eigenvalue weighted by Gasteiger charge is 2.13. The van der Waals surface area contributed by atoms with Crippen LogP contribution in [0.25, 0.3) is 0 Å². The van der Waals surface area contributed by atoms with E-state index in [2.05, 4.69) is 10.1 Å². The van der Waals surface area contributed by atoms with Crippen LogP contribution in [0.4, 0.5) is 5.69 Å². The second-order valence-electron chi connectivity index (χ2n) is 4.30. The summed E-state index contributed by atoms with van der Waals surface area (Å²) in [6.07, 6.45) is 0. The minimum absolute atomic E-state index is 0.301. The van der Waals surface area contributed by atoms with E-state index in [1.165, 1.54) is 19.2 Å². The fourth-order valence-electron chi connectivity index (χ4n) is 1.67. The van der Waals surface area contributed by atoms with Gasteiger partial charge in [-0.2, -0.15) is 0 Å². The molecule has 0 bridgehead atoms. The number of ether oxygens (including phenoxy) is 2. The van der Waals surface area contributed by atoms with Gasteiger partial charge >= 0.3 is 11.9 Å². The molecule has 0 aliphatic carbocycles. The standard InChI is InChI=1S/C15H12ClNO5S/c1-21-14(19)9-3-2-4-10(7-9)17-13(18)8-22-15(20)11-5-6-12(16)23-11/h2-7H,8H2,1H3,(H,17,18). The summed E-state index contributed by atoms with van der Waals surface area (Å²) in [4.78, 5) is 35.2. The molecule has 1 heterocycles. The van der Waals surface area contributed by atoms with Crippen LogP contribution in [0.3, 0.4) is 0 Å². The number of nitrogens with one attached hydrogen (secondary N) is 1. The van der Waals surface area contributed by atoms with Crippen molar-refractivity contribution in [3.63, 3.8) is 0 Å². The molecule has 0 fully saturated rings. The quantitative estimate of drug-likeness (QED) is 0.836. The van der Waals surface area contributed by atoms with Gasteiger partial charge in [0, 0.05) is 5.69 Å². The molecule has 0 unspecified atom stereocenters. The monoisotopic (exact) mass is 353 g/mol. The van der Waals surface area contributed by atoms with Crippen molar-refractivity contribution in [2.75, 3.05) is 19.0 Å². The number of methoxy groups -OCH3 is 1. The van der Waals surface area contributed by atoms with Crippen LogP contribution in [0.2, 0.25) is 4.34 Å². The normalized spacial score (nSPS) is 10.0. The van der Waals surface area contributed by atoms with Crippen LogP contribution in [0.5, 0.6) is 0 Å². The van der Waals surface area contributed by atoms with Gasteiger partial charge in [-0.15, -0.1) is 11.3 Å². The molecule has 23 heavy (non-hydrogen) atoms. The van der Waals surface area contributed by atoms with E-state index >= 15 is 0 Å². The number of rotatable bonds is 5. The highest BCUT2D eigenvalue weighted by atomic mass is 35.5. The lowest BCUT2D eigenvalue weighted by atomic mass is 10.2. The Hall–Kier alpha value is -2.38. The Morgan fingerprint density at radius 2 is 1.96 bits per heavy atom. The van der Waals surface area contributed by atoms with Crippen molar-refractivity contribution in [3.8, 4) is 0 Å². The Morgan fingerprint density at radius 1 is 1.17 bits per heavy atom. The van der Waals surface area contributed by atoms with E-state index in [0.29, 0.717) is 20.5 Å². The summed E-state index contributed by atoms with van der Waals surface area (Å²) in [5.74, 6) is -1.66. The number of thiophene rings is 1. The largest absolute Gasteiger partial charge is 0.465 e. The Morgan fingerprint density at radius 3 is 2.61 bits per heavy atom. The van der Waals surface area contributed by atoms with Crippen LogP contribution in [-0.2, 0) is 14.3 Å². The molecule has 2 aromatic rings. The highest BCUT2D eigenvalue weighted by Crippen LogP contribution is 2.22. The highest BCUT2D eigenvalue weighted by molar-refractivity contribution is 7.17. The van der Waals surface area contributed by atoms with E-state index in [0.717, 1.165) is 11.3 Å². The predicted molar refractivity (Wildman–Crippen MR) is 86.0 cm³/mol. The molecule has 8 heteroatoms. The van der Waals surface area contributed by atoms with Crippen LogP contribution >= 0.6 is 22.9 Å². The van der Waals surface area contributed by atoms with E-state index in [1.807, 2.05) is 0 Å². The van der Waals surface area contributed by atoms with Crippen molar-refractivity contribution in [2.24, 2.45) is 0 Å². The Kier molecular flexibility index (Phi) is 5.72. The molecule has 0 aliphatic heterocycles. The van der Waals surface area contributed by atoms with E-state index in [1.54, 1.807) is 24.3 Å². The molecule has 0 spiro atoms. The number of benzene rings is 1. The summed E-state index contributed by atoms with van der Waals surface area (Å²) in [7, 11) is 1.27. The number of hydrogen-bond donors (Lipinski definition) is 1. The average molecular weight is 354 g/mol. The Bertz CT molecular complexity index is 743. The van der Waals surface area contributed by atoms with Gasteiger partial charge in [-0.1, -0.05) is 17.7 Å². The third-order valence-corrected chi connectivity index (χ3v) is 3.89. The molecule has 1 N–H and O–H groups in total. The first-order chi connectivity index (χ1) is 11.0. The first kappa shape index (κ1) is 17.0. The number of carbonyl (C=O) groups is 3. The molecule has 0 saturated heterocycles. The molecule has 1 aromatic heterocycles. The number of amides is 1. The lowest BCUT2D eigenvalue weighted by molar-refractivity contribution is -0.119. The van der Waals surface area contributed by atoms with Crippen LogP contribution in [0.15, 0.2) is 36.4 Å². The second kappa shape index (κ2) is 7.75. The number of anilines is 1. The van der Waals surface area contributed by atoms with E-state index in [4.69, 9.17) is 16.3 Å². The maximum absolute atomic E-state index is 11.8. The smallest absolute Gasteiger partial charge is 0.348 e. The average Bonchev–Trinajstić information content (AvgIpc) is 2.98. The van der Waals surface area contributed by atoms with Crippen LogP contribution in [0, 0.1) is 0 Å². The fourth-order valence-corrected chi connectivity index (χ4v) is 2.60. The van der Waals surface area contributed by atoms with Crippen molar-refractivity contribution >= 4 is 46.5 Å². The van der Waals surface area contributed by atoms with Crippen molar-refractivity contribution in [3.05, 3.63) is 51.2 Å². The maximum atomic E-state index is 11.8. The van der Waals surface area contributed by atoms with Gasteiger partial charge in [-0.3, -0.25) is 4.79 Å². The molecule has 2 rings (SSSR count). The van der Waals surface area contributed by atoms with Crippen LogP contribution in [0.1, 0.15) is 20.0 Å². The third-order valence-electron chi connectivity index (χ3n) is 2.68. The summed E-state index contributed by atoms with van der Waals surface area (Å²) in [6.45, 7) is -0.448. The topological polar surface area (TPSA) is 81.7 Å². The van der Waals surface area contributed by atoms with Gasteiger partial charge in [0.05, 0.1) is 17.0 Å². The SMILES string of the molecule is COC(=O)c1cccc(NC(=O)COC(=O)c2ccc(Cl)s2)c1. The van der Waals surface area contributed by atoms with Crippen LogP contribution in [-0.4, -0.2) is 31.6 Å². The zero-order valence-corrected chi connectivity index (χ0v) is 13.6. The first-order valence-electron chi connectivity index (χ1n) is 6.40. The van der Waals surface area contributed by atoms with E-state index in [-0.39, 0.29) is 0 Å². The number of halogens is 1. The molecule has 6 nitrogen and oxygen atoms in total. The van der Waals surface area contributed by atoms with E-state index in [9.17, 15) is 14.4 Å². The minimum atomic E-state index is -0.625. The molecular formula is C15H12ClNO5S. The zero-order valence-electron chi connectivity index (χ0n) is 12.0. The second-order valence-corrected chi connectivity index (χ2v) is 6.02. The summed E-state index contributed by atoms with van der Waals surface area (Å²) < 4.78 is 9.94. The van der Waals surface area contributed by atoms with Gasteiger partial charge in [0.25, 0.3) is 5.91 Å². The molecule has 0 atom stereocenters. The summed E-state index contributed by atoms with van der Waals surface area (Å²) in [5.41, 5.74) is 0.698. The molecule has 1 amide bonds.